The topological polar surface area (TPSA) is 127 Å². The second kappa shape index (κ2) is 12.5. The molecule has 4 aromatic rings. The van der Waals surface area contributed by atoms with Gasteiger partial charge in [0.05, 0.1) is 35.7 Å². The molecule has 10 heteroatoms. The number of pyridine rings is 1. The maximum absolute atomic E-state index is 13.1. The van der Waals surface area contributed by atoms with Gasteiger partial charge in [-0.15, -0.1) is 0 Å². The number of ether oxygens (including phenoxy) is 2. The Morgan fingerprint density at radius 2 is 1.68 bits per heavy atom. The number of methoxy groups -OCH3 is 2. The van der Waals surface area contributed by atoms with Gasteiger partial charge < -0.3 is 14.8 Å². The van der Waals surface area contributed by atoms with Gasteiger partial charge >= 0.3 is 0 Å². The van der Waals surface area contributed by atoms with Gasteiger partial charge in [-0.2, -0.15) is 5.26 Å². The molecule has 9 nitrogen and oxygen atoms in total. The number of hydrogen-bond donors (Lipinski definition) is 1. The summed E-state index contributed by atoms with van der Waals surface area (Å²) >= 11 is 1.14. The smallest absolute Gasteiger partial charge is 0.274 e. The number of amides is 1. The number of hydrogen-bond acceptors (Lipinski definition) is 8. The minimum absolute atomic E-state index is 0.0816. The molecule has 1 aromatic heterocycles. The molecule has 208 valence electrons. The van der Waals surface area contributed by atoms with E-state index in [-0.39, 0.29) is 11.6 Å². The molecule has 0 aliphatic heterocycles. The molecule has 1 heterocycles. The summed E-state index contributed by atoms with van der Waals surface area (Å²) in [6, 6.07) is 21.9. The van der Waals surface area contributed by atoms with Crippen LogP contribution in [-0.2, 0) is 4.79 Å². The monoisotopic (exact) mass is 568 g/mol. The number of nitriles is 1. The molecule has 0 bridgehead atoms. The van der Waals surface area contributed by atoms with Crippen molar-refractivity contribution in [2.24, 2.45) is 0 Å². The van der Waals surface area contributed by atoms with Crippen molar-refractivity contribution in [2.75, 3.05) is 19.5 Å². The highest BCUT2D eigenvalue weighted by Gasteiger charge is 2.23. The highest BCUT2D eigenvalue weighted by molar-refractivity contribution is 8.00. The Balaban J connectivity index is 1.75. The van der Waals surface area contributed by atoms with Crippen LogP contribution in [0.3, 0.4) is 0 Å². The second-order valence-electron chi connectivity index (χ2n) is 9.29. The summed E-state index contributed by atoms with van der Waals surface area (Å²) in [7, 11) is 3.09. The highest BCUT2D eigenvalue weighted by atomic mass is 32.2. The van der Waals surface area contributed by atoms with E-state index in [4.69, 9.17) is 14.5 Å². The molecule has 0 fully saturated rings. The summed E-state index contributed by atoms with van der Waals surface area (Å²) in [6.45, 7) is 5.32. The highest BCUT2D eigenvalue weighted by Crippen LogP contribution is 2.39. The summed E-state index contributed by atoms with van der Waals surface area (Å²) in [5.41, 5.74) is 4.97. The summed E-state index contributed by atoms with van der Waals surface area (Å²) in [5.74, 6) is 0.683. The Labute approximate surface area is 242 Å². The van der Waals surface area contributed by atoms with E-state index in [0.717, 1.165) is 28.5 Å². The third kappa shape index (κ3) is 6.48. The van der Waals surface area contributed by atoms with Gasteiger partial charge in [-0.25, -0.2) is 4.98 Å². The van der Waals surface area contributed by atoms with Gasteiger partial charge in [0, 0.05) is 28.4 Å². The molecule has 0 saturated heterocycles. The van der Waals surface area contributed by atoms with Gasteiger partial charge in [0.25, 0.3) is 5.69 Å². The molecule has 0 spiro atoms. The molecule has 1 amide bonds. The lowest BCUT2D eigenvalue weighted by Crippen LogP contribution is -2.22. The van der Waals surface area contributed by atoms with Crippen molar-refractivity contribution in [3.63, 3.8) is 0 Å². The van der Waals surface area contributed by atoms with Crippen LogP contribution in [0.1, 0.15) is 23.6 Å². The zero-order valence-corrected chi connectivity index (χ0v) is 24.0. The van der Waals surface area contributed by atoms with E-state index in [0.29, 0.717) is 44.6 Å². The number of benzene rings is 3. The fourth-order valence-electron chi connectivity index (χ4n) is 4.17. The molecule has 0 aliphatic carbocycles. The van der Waals surface area contributed by atoms with Crippen molar-refractivity contribution >= 4 is 29.0 Å². The molecular formula is C31H28N4O5S. The fraction of sp³-hybridized carbons (Fsp3) is 0.194. The molecule has 0 unspecified atom stereocenters. The Hall–Kier alpha value is -4.88. The number of anilines is 1. The summed E-state index contributed by atoms with van der Waals surface area (Å²) < 4.78 is 10.9. The second-order valence-corrected chi connectivity index (χ2v) is 10.6. The predicted octanol–water partition coefficient (Wildman–Crippen LogP) is 6.95. The van der Waals surface area contributed by atoms with Crippen LogP contribution in [0.15, 0.2) is 71.8 Å². The number of thioether (sulfide) groups is 1. The first-order valence-electron chi connectivity index (χ1n) is 12.6. The van der Waals surface area contributed by atoms with Crippen molar-refractivity contribution in [2.45, 2.75) is 31.0 Å². The lowest BCUT2D eigenvalue weighted by atomic mass is 9.98. The van der Waals surface area contributed by atoms with Crippen molar-refractivity contribution < 1.29 is 19.2 Å². The van der Waals surface area contributed by atoms with E-state index >= 15 is 0 Å². The summed E-state index contributed by atoms with van der Waals surface area (Å²) in [4.78, 5) is 28.8. The van der Waals surface area contributed by atoms with Gasteiger partial charge in [-0.1, -0.05) is 53.7 Å². The SMILES string of the molecule is COc1ccc(-c2cc(-c3ccc(C)cc3)nc(S[C@@H](C)C(=O)Nc3ccc(C)c([N+](=O)[O-])c3)c2C#N)cc1OC. The van der Waals surface area contributed by atoms with E-state index in [1.165, 1.54) is 6.07 Å². The van der Waals surface area contributed by atoms with Crippen LogP contribution in [0.2, 0.25) is 0 Å². The van der Waals surface area contributed by atoms with Crippen molar-refractivity contribution in [1.82, 2.24) is 4.98 Å². The van der Waals surface area contributed by atoms with E-state index in [1.54, 1.807) is 52.3 Å². The summed E-state index contributed by atoms with van der Waals surface area (Å²) in [6.07, 6.45) is 0. The zero-order chi connectivity index (χ0) is 29.7. The van der Waals surface area contributed by atoms with E-state index < -0.39 is 10.2 Å². The zero-order valence-electron chi connectivity index (χ0n) is 23.2. The molecule has 0 radical (unpaired) electrons. The predicted molar refractivity (Wildman–Crippen MR) is 159 cm³/mol. The summed E-state index contributed by atoms with van der Waals surface area (Å²) in [5, 5.41) is 24.0. The minimum Gasteiger partial charge on any atom is -0.493 e. The largest absolute Gasteiger partial charge is 0.493 e. The number of carbonyl (C=O) groups excluding carboxylic acids is 1. The van der Waals surface area contributed by atoms with Crippen LogP contribution in [0.25, 0.3) is 22.4 Å². The molecule has 41 heavy (non-hydrogen) atoms. The number of aromatic nitrogens is 1. The lowest BCUT2D eigenvalue weighted by molar-refractivity contribution is -0.385. The standard InChI is InChI=1S/C31H28N4O5S/c1-18-6-9-21(10-7-18)26-16-24(22-11-13-28(39-4)29(14-22)40-5)25(17-32)31(34-26)41-20(3)30(36)33-23-12-8-19(2)27(15-23)35(37)38/h6-16,20H,1-5H3,(H,33,36)/t20-/m0/s1. The molecule has 3 aromatic carbocycles. The molecule has 0 saturated carbocycles. The van der Waals surface area contributed by atoms with Crippen molar-refractivity contribution in [1.29, 1.82) is 5.26 Å². The van der Waals surface area contributed by atoms with E-state index in [2.05, 4.69) is 11.4 Å². The quantitative estimate of drug-likeness (QED) is 0.131. The van der Waals surface area contributed by atoms with E-state index in [9.17, 15) is 20.2 Å². The molecule has 1 N–H and O–H groups in total. The minimum atomic E-state index is -0.679. The number of carbonyl (C=O) groups is 1. The average Bonchev–Trinajstić information content (AvgIpc) is 2.97. The average molecular weight is 569 g/mol. The normalized spacial score (nSPS) is 11.3. The number of nitrogens with zero attached hydrogens (tertiary/aromatic N) is 3. The number of nitrogens with one attached hydrogen (secondary N) is 1. The van der Waals surface area contributed by atoms with Crippen LogP contribution in [0.4, 0.5) is 11.4 Å². The van der Waals surface area contributed by atoms with Crippen LogP contribution >= 0.6 is 11.8 Å². The van der Waals surface area contributed by atoms with E-state index in [1.807, 2.05) is 43.3 Å². The Morgan fingerprint density at radius 1 is 1.00 bits per heavy atom. The van der Waals surface area contributed by atoms with Gasteiger partial charge in [-0.05, 0) is 50.6 Å². The van der Waals surface area contributed by atoms with Crippen LogP contribution < -0.4 is 14.8 Å². The Morgan fingerprint density at radius 3 is 2.32 bits per heavy atom. The number of nitro groups is 1. The fourth-order valence-corrected chi connectivity index (χ4v) is 5.09. The van der Waals surface area contributed by atoms with Gasteiger partial charge in [0.1, 0.15) is 11.1 Å². The Kier molecular flexibility index (Phi) is 8.90. The molecular weight excluding hydrogens is 540 g/mol. The molecule has 0 aliphatic rings. The van der Waals surface area contributed by atoms with Crippen molar-refractivity contribution in [3.05, 3.63) is 93.5 Å². The van der Waals surface area contributed by atoms with Crippen LogP contribution in [0, 0.1) is 35.3 Å². The van der Waals surface area contributed by atoms with Gasteiger partial charge in [0.2, 0.25) is 5.91 Å². The molecule has 4 rings (SSSR count). The maximum Gasteiger partial charge on any atom is 0.274 e. The maximum atomic E-state index is 13.1. The third-order valence-corrected chi connectivity index (χ3v) is 7.56. The number of nitro benzene ring substituents is 1. The third-order valence-electron chi connectivity index (χ3n) is 6.47. The first-order valence-corrected chi connectivity index (χ1v) is 13.5. The molecule has 1 atom stereocenters. The van der Waals surface area contributed by atoms with Gasteiger partial charge in [0.15, 0.2) is 11.5 Å². The Bertz CT molecular complexity index is 1660. The number of rotatable bonds is 9. The first-order chi connectivity index (χ1) is 19.6. The van der Waals surface area contributed by atoms with Crippen LogP contribution in [0.5, 0.6) is 11.5 Å². The van der Waals surface area contributed by atoms with Crippen molar-refractivity contribution in [3.8, 4) is 40.0 Å². The first kappa shape index (κ1) is 29.1. The van der Waals surface area contributed by atoms with Crippen LogP contribution in [-0.4, -0.2) is 35.3 Å². The lowest BCUT2D eigenvalue weighted by Gasteiger charge is -2.17. The number of aryl methyl sites for hydroxylation is 2. The van der Waals surface area contributed by atoms with Gasteiger partial charge in [-0.3, -0.25) is 14.9 Å².